The van der Waals surface area contributed by atoms with Gasteiger partial charge in [0.2, 0.25) is 0 Å². The Hall–Kier alpha value is -2.77. The standard InChI is InChI=1S/C38H50O2Si2/c1-35(2,3)41(7,8)39-37(31-23-15-11-16-24-31,32-25-17-12-18-26-32)38(33-27-19-13-20-28-33,34-29-21-14-22-30-34)40-42(9,10)36(4,5)6/h11-30H,1-10H3. The summed E-state index contributed by atoms with van der Waals surface area (Å²) in [5, 5.41) is -0.0875. The predicted octanol–water partition coefficient (Wildman–Crippen LogP) is 10.9. The van der Waals surface area contributed by atoms with Gasteiger partial charge < -0.3 is 8.85 Å². The van der Waals surface area contributed by atoms with E-state index in [2.05, 4.69) is 189 Å². The van der Waals surface area contributed by atoms with Gasteiger partial charge in [0.1, 0.15) is 11.2 Å². The van der Waals surface area contributed by atoms with Gasteiger partial charge in [0.05, 0.1) is 0 Å². The summed E-state index contributed by atoms with van der Waals surface area (Å²) in [6.45, 7) is 23.4. The van der Waals surface area contributed by atoms with Crippen LogP contribution in [0.4, 0.5) is 0 Å². The third-order valence-corrected chi connectivity index (χ3v) is 18.5. The van der Waals surface area contributed by atoms with E-state index in [0.29, 0.717) is 0 Å². The van der Waals surface area contributed by atoms with E-state index in [0.717, 1.165) is 22.3 Å². The van der Waals surface area contributed by atoms with Crippen molar-refractivity contribution in [2.24, 2.45) is 0 Å². The van der Waals surface area contributed by atoms with E-state index in [-0.39, 0.29) is 10.1 Å². The van der Waals surface area contributed by atoms with Crippen molar-refractivity contribution in [3.8, 4) is 0 Å². The Morgan fingerprint density at radius 3 is 0.714 bits per heavy atom. The number of rotatable bonds is 9. The highest BCUT2D eigenvalue weighted by atomic mass is 28.4. The maximum absolute atomic E-state index is 8.03. The van der Waals surface area contributed by atoms with E-state index >= 15 is 0 Å². The van der Waals surface area contributed by atoms with Crippen molar-refractivity contribution in [2.75, 3.05) is 0 Å². The van der Waals surface area contributed by atoms with Crippen molar-refractivity contribution in [2.45, 2.75) is 89.0 Å². The molecule has 0 aliphatic carbocycles. The summed E-state index contributed by atoms with van der Waals surface area (Å²) in [5.74, 6) is 0. The molecule has 0 saturated carbocycles. The molecule has 4 aromatic carbocycles. The Morgan fingerprint density at radius 1 is 0.357 bits per heavy atom. The molecule has 42 heavy (non-hydrogen) atoms. The Bertz CT molecular complexity index is 1230. The van der Waals surface area contributed by atoms with Crippen LogP contribution in [0.25, 0.3) is 0 Å². The quantitative estimate of drug-likeness (QED) is 0.179. The third kappa shape index (κ3) is 5.75. The monoisotopic (exact) mass is 594 g/mol. The van der Waals surface area contributed by atoms with Crippen molar-refractivity contribution in [3.05, 3.63) is 144 Å². The zero-order chi connectivity index (χ0) is 30.9. The highest BCUT2D eigenvalue weighted by Crippen LogP contribution is 2.59. The summed E-state index contributed by atoms with van der Waals surface area (Å²) in [7, 11) is -4.93. The average molecular weight is 595 g/mol. The lowest BCUT2D eigenvalue weighted by molar-refractivity contribution is -0.0934. The van der Waals surface area contributed by atoms with Gasteiger partial charge in [-0.05, 0) is 58.5 Å². The minimum Gasteiger partial charge on any atom is -0.400 e. The second-order valence-electron chi connectivity index (χ2n) is 14.6. The molecule has 0 N–H and O–H groups in total. The highest BCUT2D eigenvalue weighted by molar-refractivity contribution is 6.74. The molecule has 4 heteroatoms. The normalized spacial score (nSPS) is 13.7. The van der Waals surface area contributed by atoms with E-state index in [1.165, 1.54) is 0 Å². The van der Waals surface area contributed by atoms with Crippen LogP contribution in [-0.2, 0) is 20.1 Å². The van der Waals surface area contributed by atoms with Gasteiger partial charge in [0.25, 0.3) is 0 Å². The van der Waals surface area contributed by atoms with Gasteiger partial charge in [-0.15, -0.1) is 0 Å². The molecule has 4 rings (SSSR count). The van der Waals surface area contributed by atoms with Crippen molar-refractivity contribution >= 4 is 16.6 Å². The number of hydrogen-bond donors (Lipinski definition) is 0. The van der Waals surface area contributed by atoms with Crippen molar-refractivity contribution in [1.29, 1.82) is 0 Å². The van der Waals surface area contributed by atoms with Crippen LogP contribution in [0.2, 0.25) is 36.3 Å². The van der Waals surface area contributed by atoms with Gasteiger partial charge in [-0.25, -0.2) is 0 Å². The van der Waals surface area contributed by atoms with Crippen molar-refractivity contribution in [1.82, 2.24) is 0 Å². The summed E-state index contributed by atoms with van der Waals surface area (Å²) in [4.78, 5) is 0. The molecular formula is C38H50O2Si2. The van der Waals surface area contributed by atoms with Crippen LogP contribution >= 0.6 is 0 Å². The zero-order valence-corrected chi connectivity index (χ0v) is 29.4. The molecule has 0 heterocycles. The van der Waals surface area contributed by atoms with Crippen LogP contribution in [0.15, 0.2) is 121 Å². The van der Waals surface area contributed by atoms with Gasteiger partial charge >= 0.3 is 0 Å². The largest absolute Gasteiger partial charge is 0.400 e. The van der Waals surface area contributed by atoms with E-state index in [1.54, 1.807) is 0 Å². The van der Waals surface area contributed by atoms with Gasteiger partial charge in [0, 0.05) is 0 Å². The van der Waals surface area contributed by atoms with Crippen LogP contribution in [0.5, 0.6) is 0 Å². The summed E-state index contributed by atoms with van der Waals surface area (Å²) in [6, 6.07) is 43.3. The van der Waals surface area contributed by atoms with Crippen molar-refractivity contribution < 1.29 is 8.85 Å². The summed E-state index contributed by atoms with van der Waals surface area (Å²) in [6.07, 6.45) is 0. The average Bonchev–Trinajstić information content (AvgIpc) is 2.95. The first-order valence-corrected chi connectivity index (χ1v) is 21.0. The van der Waals surface area contributed by atoms with Crippen LogP contribution in [0, 0.1) is 0 Å². The second-order valence-corrected chi connectivity index (χ2v) is 24.0. The summed E-state index contributed by atoms with van der Waals surface area (Å²) in [5.41, 5.74) is 2.35. The SMILES string of the molecule is CC(C)(C)[Si](C)(C)OC(c1ccccc1)(c1ccccc1)C(O[Si](C)(C)C(C)(C)C)(c1ccccc1)c1ccccc1. The molecule has 2 nitrogen and oxygen atoms in total. The Kier molecular flexibility index (Phi) is 8.98. The fourth-order valence-electron chi connectivity index (χ4n) is 5.29. The molecular weight excluding hydrogens is 545 g/mol. The first-order chi connectivity index (χ1) is 19.6. The molecule has 0 radical (unpaired) electrons. The summed E-state index contributed by atoms with van der Waals surface area (Å²) >= 11 is 0. The molecule has 0 aliphatic rings. The Labute approximate surface area is 257 Å². The number of benzene rings is 4. The lowest BCUT2D eigenvalue weighted by Crippen LogP contribution is -2.63. The lowest BCUT2D eigenvalue weighted by Gasteiger charge is -2.58. The molecule has 0 saturated heterocycles. The molecule has 4 aromatic rings. The Balaban J connectivity index is 2.33. The van der Waals surface area contributed by atoms with Crippen LogP contribution in [0.1, 0.15) is 63.8 Å². The van der Waals surface area contributed by atoms with Gasteiger partial charge in [-0.1, -0.05) is 163 Å². The van der Waals surface area contributed by atoms with Gasteiger partial charge in [-0.3, -0.25) is 0 Å². The van der Waals surface area contributed by atoms with E-state index < -0.39 is 27.8 Å². The molecule has 0 spiro atoms. The van der Waals surface area contributed by atoms with Crippen molar-refractivity contribution in [3.63, 3.8) is 0 Å². The van der Waals surface area contributed by atoms with E-state index in [4.69, 9.17) is 8.85 Å². The maximum atomic E-state index is 8.03. The van der Waals surface area contributed by atoms with Crippen LogP contribution in [-0.4, -0.2) is 16.6 Å². The second kappa shape index (κ2) is 11.7. The lowest BCUT2D eigenvalue weighted by atomic mass is 9.66. The topological polar surface area (TPSA) is 18.5 Å². The van der Waals surface area contributed by atoms with E-state index in [1.807, 2.05) is 0 Å². The minimum absolute atomic E-state index is 0.0437. The first-order valence-electron chi connectivity index (χ1n) is 15.2. The molecule has 0 unspecified atom stereocenters. The van der Waals surface area contributed by atoms with Crippen LogP contribution < -0.4 is 0 Å². The molecule has 0 fully saturated rings. The molecule has 0 bridgehead atoms. The minimum atomic E-state index is -2.47. The third-order valence-electron chi connectivity index (χ3n) is 9.65. The smallest absolute Gasteiger partial charge is 0.193 e. The number of hydrogen-bond acceptors (Lipinski definition) is 2. The summed E-state index contributed by atoms with van der Waals surface area (Å²) < 4.78 is 16.1. The molecule has 0 aromatic heterocycles. The predicted molar refractivity (Wildman–Crippen MR) is 184 cm³/mol. The Morgan fingerprint density at radius 2 is 0.548 bits per heavy atom. The van der Waals surface area contributed by atoms with Gasteiger partial charge in [0.15, 0.2) is 16.6 Å². The fraction of sp³-hybridized carbons (Fsp3) is 0.368. The molecule has 0 aliphatic heterocycles. The van der Waals surface area contributed by atoms with E-state index in [9.17, 15) is 0 Å². The fourth-order valence-corrected chi connectivity index (χ4v) is 8.19. The molecule has 0 atom stereocenters. The zero-order valence-electron chi connectivity index (χ0n) is 27.4. The highest BCUT2D eigenvalue weighted by Gasteiger charge is 2.63. The molecule has 0 amide bonds. The van der Waals surface area contributed by atoms with Gasteiger partial charge in [-0.2, -0.15) is 0 Å². The maximum Gasteiger partial charge on any atom is 0.193 e. The van der Waals surface area contributed by atoms with Crippen LogP contribution in [0.3, 0.4) is 0 Å². The first kappa shape index (κ1) is 32.2. The molecule has 222 valence electrons.